The first kappa shape index (κ1) is 46.7. The Bertz CT molecular complexity index is 3300. The number of aromatic nitrogens is 3. The normalized spacial score (nSPS) is 21.0. The molecule has 3 aliphatic rings. The first-order valence-corrected chi connectivity index (χ1v) is 23.1. The number of hydrogen-bond donors (Lipinski definition) is 2. The molecule has 1 spiro atoms. The second-order valence-corrected chi connectivity index (χ2v) is 17.3. The van der Waals surface area contributed by atoms with Crippen LogP contribution < -0.4 is 15.0 Å². The quantitative estimate of drug-likeness (QED) is 0.0390. The Labute approximate surface area is 412 Å². The van der Waals surface area contributed by atoms with Crippen molar-refractivity contribution in [3.8, 4) is 17.6 Å². The summed E-state index contributed by atoms with van der Waals surface area (Å²) in [4.78, 5) is 75.8. The fourth-order valence-electron chi connectivity index (χ4n) is 10.4. The number of nitro benzene ring substituents is 1. The molecule has 4 heterocycles. The van der Waals surface area contributed by atoms with Gasteiger partial charge in [0.15, 0.2) is 0 Å². The fraction of sp³-hybridized carbons (Fsp3) is 0.200. The van der Waals surface area contributed by atoms with E-state index in [1.807, 2.05) is 89.8 Å². The molecule has 17 nitrogen and oxygen atoms in total. The number of ether oxygens (including phenoxy) is 3. The van der Waals surface area contributed by atoms with Gasteiger partial charge in [0.2, 0.25) is 11.8 Å². The predicted octanol–water partition coefficient (Wildman–Crippen LogP) is 7.07. The molecule has 10 rings (SSSR count). The highest BCUT2D eigenvalue weighted by Gasteiger charge is 2.76. The van der Waals surface area contributed by atoms with Crippen LogP contribution in [0.4, 0.5) is 16.2 Å². The summed E-state index contributed by atoms with van der Waals surface area (Å²) in [6.45, 7) is 3.01. The van der Waals surface area contributed by atoms with Crippen molar-refractivity contribution in [1.29, 1.82) is 0 Å². The molecule has 7 aromatic rings. The fourth-order valence-corrected chi connectivity index (χ4v) is 10.4. The van der Waals surface area contributed by atoms with E-state index in [9.17, 15) is 20.0 Å². The molecule has 1 aromatic heterocycles. The molecule has 0 bridgehead atoms. The molecule has 6 aromatic carbocycles. The molecular weight excluding hydrogens is 919 g/mol. The molecule has 0 unspecified atom stereocenters. The van der Waals surface area contributed by atoms with E-state index in [0.29, 0.717) is 33.3 Å². The summed E-state index contributed by atoms with van der Waals surface area (Å²) < 4.78 is 20.3. The van der Waals surface area contributed by atoms with Gasteiger partial charge in [0.1, 0.15) is 48.6 Å². The molecule has 0 saturated carbocycles. The number of carbonyl (C=O) groups excluding carboxylic acids is 4. The van der Waals surface area contributed by atoms with Crippen LogP contribution in [0.15, 0.2) is 164 Å². The maximum absolute atomic E-state index is 16.5. The van der Waals surface area contributed by atoms with Gasteiger partial charge in [0.25, 0.3) is 5.69 Å². The number of esters is 1. The zero-order valence-electron chi connectivity index (χ0n) is 38.4. The lowest BCUT2D eigenvalue weighted by atomic mass is 9.65. The molecule has 3 amide bonds. The molecule has 0 aliphatic carbocycles. The lowest BCUT2D eigenvalue weighted by molar-refractivity contribution is -0.384. The van der Waals surface area contributed by atoms with E-state index in [1.54, 1.807) is 47.1 Å². The standard InChI is InChI=1S/C55H45N7O10/c1-2-29-56-51(64)46-48-52(65)72-49(38-17-7-4-8-18-38)47(37-15-5-3-6-16-37)61(48)50(40-19-9-12-22-45(40)70-32-31-63)55(46)41-33-35(14-13-30-59-44-21-11-10-20-42(44)57-58-59)25-28-43(41)60(53(55)66)54(67)71-34-36-23-26-39(27-24-36)62(68)69/h2-12,15-28,33,46-50,63H,1,29-32,34H2,(H,56,64)/t46-,47-,48-,49+,50+,55-/m1/s1. The van der Waals surface area contributed by atoms with Gasteiger partial charge in [-0.15, -0.1) is 11.7 Å². The average Bonchev–Trinajstić information content (AvgIpc) is 4.05. The molecule has 3 aliphatic heterocycles. The highest BCUT2D eigenvalue weighted by atomic mass is 16.6. The van der Waals surface area contributed by atoms with Crippen molar-refractivity contribution in [2.45, 2.75) is 42.8 Å². The van der Waals surface area contributed by atoms with Gasteiger partial charge in [0.05, 0.1) is 40.7 Å². The van der Waals surface area contributed by atoms with Gasteiger partial charge in [-0.05, 0) is 70.8 Å². The van der Waals surface area contributed by atoms with E-state index in [2.05, 4.69) is 34.0 Å². The molecule has 6 atom stereocenters. The number of rotatable bonds is 13. The minimum atomic E-state index is -2.17. The summed E-state index contributed by atoms with van der Waals surface area (Å²) in [5.74, 6) is 2.60. The number of non-ortho nitro benzene ring substituents is 1. The Morgan fingerprint density at radius 1 is 0.889 bits per heavy atom. The van der Waals surface area contributed by atoms with E-state index in [4.69, 9.17) is 14.2 Å². The van der Waals surface area contributed by atoms with E-state index < -0.39 is 64.4 Å². The maximum atomic E-state index is 16.5. The largest absolute Gasteiger partial charge is 0.491 e. The topological polar surface area (TPSA) is 209 Å². The van der Waals surface area contributed by atoms with E-state index in [-0.39, 0.29) is 55.6 Å². The highest BCUT2D eigenvalue weighted by molar-refractivity contribution is 6.23. The molecule has 2 N–H and O–H groups in total. The molecule has 360 valence electrons. The monoisotopic (exact) mass is 963 g/mol. The van der Waals surface area contributed by atoms with Crippen LogP contribution in [-0.2, 0) is 42.4 Å². The highest BCUT2D eigenvalue weighted by Crippen LogP contribution is 2.66. The molecule has 17 heteroatoms. The van der Waals surface area contributed by atoms with Gasteiger partial charge >= 0.3 is 12.1 Å². The smallest absolute Gasteiger partial charge is 0.421 e. The van der Waals surface area contributed by atoms with Crippen LogP contribution in [0.1, 0.15) is 51.6 Å². The summed E-state index contributed by atoms with van der Waals surface area (Å²) in [5.41, 5.74) is 1.85. The Hall–Kier alpha value is -8.98. The Kier molecular flexibility index (Phi) is 12.8. The lowest BCUT2D eigenvalue weighted by Gasteiger charge is -2.46. The van der Waals surface area contributed by atoms with Crippen molar-refractivity contribution < 1.29 is 43.4 Å². The van der Waals surface area contributed by atoms with Gasteiger partial charge in [-0.2, -0.15) is 0 Å². The molecule has 2 fully saturated rings. The van der Waals surface area contributed by atoms with Gasteiger partial charge in [-0.3, -0.25) is 29.4 Å². The van der Waals surface area contributed by atoms with Gasteiger partial charge in [-0.1, -0.05) is 114 Å². The predicted molar refractivity (Wildman–Crippen MR) is 262 cm³/mol. The number of fused-ring (bicyclic) bond motifs is 4. The number of imide groups is 1. The van der Waals surface area contributed by atoms with Crippen LogP contribution in [-0.4, -0.2) is 79.6 Å². The van der Waals surface area contributed by atoms with Crippen molar-refractivity contribution in [2.24, 2.45) is 5.92 Å². The Balaban J connectivity index is 1.22. The summed E-state index contributed by atoms with van der Waals surface area (Å²) in [5, 5.41) is 32.9. The van der Waals surface area contributed by atoms with Crippen LogP contribution in [0.25, 0.3) is 11.0 Å². The number of nitro groups is 1. The lowest BCUT2D eigenvalue weighted by Crippen LogP contribution is -2.55. The number of aliphatic hydroxyl groups excluding tert-OH is 1. The van der Waals surface area contributed by atoms with Crippen molar-refractivity contribution in [3.05, 3.63) is 208 Å². The van der Waals surface area contributed by atoms with Crippen LogP contribution in [0, 0.1) is 27.9 Å². The minimum Gasteiger partial charge on any atom is -0.491 e. The second-order valence-electron chi connectivity index (χ2n) is 17.3. The number of morpholine rings is 1. The number of nitrogens with zero attached hydrogens (tertiary/aromatic N) is 6. The Morgan fingerprint density at radius 2 is 1.60 bits per heavy atom. The number of hydrogen-bond acceptors (Lipinski definition) is 13. The van der Waals surface area contributed by atoms with Crippen LogP contribution >= 0.6 is 0 Å². The third-order valence-corrected chi connectivity index (χ3v) is 13.3. The zero-order valence-corrected chi connectivity index (χ0v) is 38.4. The Morgan fingerprint density at radius 3 is 2.33 bits per heavy atom. The summed E-state index contributed by atoms with van der Waals surface area (Å²) >= 11 is 0. The molecule has 72 heavy (non-hydrogen) atoms. The zero-order chi connectivity index (χ0) is 49.9. The van der Waals surface area contributed by atoms with E-state index >= 15 is 14.4 Å². The number of benzene rings is 6. The van der Waals surface area contributed by atoms with Gasteiger partial charge < -0.3 is 24.6 Å². The minimum absolute atomic E-state index is 0.0483. The van der Waals surface area contributed by atoms with Crippen molar-refractivity contribution in [3.63, 3.8) is 0 Å². The van der Waals surface area contributed by atoms with E-state index in [1.165, 1.54) is 30.3 Å². The third kappa shape index (κ3) is 8.17. The number of aliphatic hydroxyl groups is 1. The number of amides is 3. The molecule has 2 saturated heterocycles. The average molecular weight is 964 g/mol. The number of anilines is 1. The van der Waals surface area contributed by atoms with Gasteiger partial charge in [-0.25, -0.2) is 14.4 Å². The molecule has 0 radical (unpaired) electrons. The van der Waals surface area contributed by atoms with E-state index in [0.717, 1.165) is 10.4 Å². The maximum Gasteiger partial charge on any atom is 0.421 e. The van der Waals surface area contributed by atoms with Crippen molar-refractivity contribution in [1.82, 2.24) is 25.2 Å². The summed E-state index contributed by atoms with van der Waals surface area (Å²) in [6, 6.07) is 39.5. The number of cyclic esters (lactones) is 1. The summed E-state index contributed by atoms with van der Waals surface area (Å²) in [6.07, 6.45) is -0.625. The van der Waals surface area contributed by atoms with Crippen molar-refractivity contribution in [2.75, 3.05) is 24.7 Å². The van der Waals surface area contributed by atoms with Crippen LogP contribution in [0.3, 0.4) is 0 Å². The second kappa shape index (κ2) is 19.8. The van der Waals surface area contributed by atoms with Gasteiger partial charge in [0, 0.05) is 29.8 Å². The summed E-state index contributed by atoms with van der Waals surface area (Å²) in [7, 11) is 0. The molecular formula is C55H45N7O10. The third-order valence-electron chi connectivity index (χ3n) is 13.3. The number of para-hydroxylation sites is 2. The van der Waals surface area contributed by atoms with Crippen molar-refractivity contribution >= 4 is 46.3 Å². The number of carbonyl (C=O) groups is 4. The van der Waals surface area contributed by atoms with Crippen LogP contribution in [0.5, 0.6) is 5.75 Å². The SMILES string of the molecule is C=CCNC(=O)[C@H]1[C@@H]2C(=O)O[C@@H](c3ccccc3)[C@@H](c3ccccc3)N2[C@@H](c2ccccc2OCCO)[C@]12C(=O)N(C(=O)OCc1ccc([N+](=O)[O-])cc1)c1ccc(C#CCn3nnc4ccccc43)cc12. The number of nitrogens with one attached hydrogen (secondary N) is 1. The first-order valence-electron chi connectivity index (χ1n) is 23.1. The van der Waals surface area contributed by atoms with Crippen LogP contribution in [0.2, 0.25) is 0 Å². The first-order chi connectivity index (χ1) is 35.1.